The van der Waals surface area contributed by atoms with E-state index in [2.05, 4.69) is 11.1 Å². The van der Waals surface area contributed by atoms with Gasteiger partial charge >= 0.3 is 0 Å². The Morgan fingerprint density at radius 2 is 2.40 bits per heavy atom. The lowest BCUT2D eigenvalue weighted by molar-refractivity contribution is 0.0409. The molecule has 0 aliphatic carbocycles. The standard InChI is InChI=1S/C14H14N2O2S2/c15-7-11-3-4-16-14(6-11)20-10-12(17)8-18-9-13-2-1-5-19-13/h1-6,12,17H,8-10H2. The third-order valence-electron chi connectivity index (χ3n) is 2.42. The smallest absolute Gasteiger partial charge is 0.0993 e. The van der Waals surface area contributed by atoms with Crippen LogP contribution in [0.15, 0.2) is 40.9 Å². The number of thioether (sulfide) groups is 1. The Balaban J connectivity index is 1.69. The fraction of sp³-hybridized carbons (Fsp3) is 0.286. The highest BCUT2D eigenvalue weighted by Gasteiger charge is 2.07. The summed E-state index contributed by atoms with van der Waals surface area (Å²) in [6.45, 7) is 0.824. The Labute approximate surface area is 126 Å². The van der Waals surface area contributed by atoms with Crippen molar-refractivity contribution in [2.75, 3.05) is 12.4 Å². The predicted octanol–water partition coefficient (Wildman–Crippen LogP) is 2.68. The van der Waals surface area contributed by atoms with Gasteiger partial charge in [0.2, 0.25) is 0 Å². The first-order chi connectivity index (χ1) is 9.78. The summed E-state index contributed by atoms with van der Waals surface area (Å²) < 4.78 is 5.45. The van der Waals surface area contributed by atoms with E-state index in [0.717, 1.165) is 9.90 Å². The molecule has 0 aliphatic rings. The molecule has 0 amide bonds. The number of nitriles is 1. The number of rotatable bonds is 7. The van der Waals surface area contributed by atoms with E-state index < -0.39 is 6.10 Å². The molecule has 0 aliphatic heterocycles. The predicted molar refractivity (Wildman–Crippen MR) is 79.7 cm³/mol. The van der Waals surface area contributed by atoms with Crippen LogP contribution in [0.4, 0.5) is 0 Å². The molecule has 2 aromatic heterocycles. The van der Waals surface area contributed by atoms with E-state index >= 15 is 0 Å². The van der Waals surface area contributed by atoms with Gasteiger partial charge in [-0.2, -0.15) is 5.26 Å². The van der Waals surface area contributed by atoms with Gasteiger partial charge in [-0.3, -0.25) is 0 Å². The van der Waals surface area contributed by atoms with Crippen LogP contribution in [0.1, 0.15) is 10.4 Å². The number of thiophene rings is 1. The first-order valence-electron chi connectivity index (χ1n) is 6.05. The minimum absolute atomic E-state index is 0.294. The van der Waals surface area contributed by atoms with Gasteiger partial charge in [0, 0.05) is 16.8 Å². The molecule has 104 valence electrons. The van der Waals surface area contributed by atoms with Crippen LogP contribution in [0.25, 0.3) is 0 Å². The summed E-state index contributed by atoms with van der Waals surface area (Å²) >= 11 is 3.05. The van der Waals surface area contributed by atoms with Gasteiger partial charge in [0.05, 0.1) is 36.0 Å². The largest absolute Gasteiger partial charge is 0.390 e. The second-order valence-corrected chi connectivity index (χ2v) is 6.13. The summed E-state index contributed by atoms with van der Waals surface area (Å²) in [6, 6.07) is 9.41. The monoisotopic (exact) mass is 306 g/mol. The fourth-order valence-electron chi connectivity index (χ4n) is 1.48. The lowest BCUT2D eigenvalue weighted by atomic mass is 10.3. The van der Waals surface area contributed by atoms with Crippen molar-refractivity contribution in [1.82, 2.24) is 4.98 Å². The van der Waals surface area contributed by atoms with Gasteiger partial charge in [0.25, 0.3) is 0 Å². The van der Waals surface area contributed by atoms with Gasteiger partial charge in [0.15, 0.2) is 0 Å². The highest BCUT2D eigenvalue weighted by atomic mass is 32.2. The first-order valence-corrected chi connectivity index (χ1v) is 7.91. The third-order valence-corrected chi connectivity index (χ3v) is 4.34. The summed E-state index contributed by atoms with van der Waals surface area (Å²) in [5.74, 6) is 0.492. The van der Waals surface area contributed by atoms with Gasteiger partial charge < -0.3 is 9.84 Å². The molecule has 1 N–H and O–H groups in total. The highest BCUT2D eigenvalue weighted by molar-refractivity contribution is 7.99. The average molecular weight is 306 g/mol. The molecule has 0 radical (unpaired) electrons. The Hall–Kier alpha value is -1.39. The Morgan fingerprint density at radius 3 is 3.15 bits per heavy atom. The van der Waals surface area contributed by atoms with Crippen LogP contribution in [0.3, 0.4) is 0 Å². The Morgan fingerprint density at radius 1 is 1.50 bits per heavy atom. The molecular weight excluding hydrogens is 292 g/mol. The van der Waals surface area contributed by atoms with Crippen molar-refractivity contribution in [2.45, 2.75) is 17.7 Å². The van der Waals surface area contributed by atoms with Crippen LogP contribution >= 0.6 is 23.1 Å². The number of hydrogen-bond donors (Lipinski definition) is 1. The number of nitrogens with zero attached hydrogens (tertiary/aromatic N) is 2. The van der Waals surface area contributed by atoms with E-state index in [1.807, 2.05) is 17.5 Å². The summed E-state index contributed by atoms with van der Waals surface area (Å²) in [4.78, 5) is 5.29. The van der Waals surface area contributed by atoms with E-state index in [0.29, 0.717) is 24.5 Å². The van der Waals surface area contributed by atoms with E-state index in [-0.39, 0.29) is 0 Å². The second-order valence-electron chi connectivity index (χ2n) is 4.05. The zero-order valence-electron chi connectivity index (χ0n) is 10.7. The number of aromatic nitrogens is 1. The van der Waals surface area contributed by atoms with E-state index in [9.17, 15) is 5.11 Å². The van der Waals surface area contributed by atoms with Crippen LogP contribution < -0.4 is 0 Å². The first kappa shape index (κ1) is 15.0. The quantitative estimate of drug-likeness (QED) is 0.797. The summed E-state index contributed by atoms with van der Waals surface area (Å²) in [6.07, 6.45) is 1.05. The van der Waals surface area contributed by atoms with Gasteiger partial charge in [-0.15, -0.1) is 23.1 Å². The molecule has 0 fully saturated rings. The molecule has 2 heterocycles. The van der Waals surface area contributed by atoms with E-state index in [4.69, 9.17) is 10.00 Å². The van der Waals surface area contributed by atoms with Crippen LogP contribution in [-0.4, -0.2) is 28.6 Å². The lowest BCUT2D eigenvalue weighted by Gasteiger charge is -2.10. The van der Waals surface area contributed by atoms with Crippen molar-refractivity contribution in [2.24, 2.45) is 0 Å². The maximum atomic E-state index is 9.83. The Kier molecular flexibility index (Phi) is 6.02. The lowest BCUT2D eigenvalue weighted by Crippen LogP contribution is -2.17. The van der Waals surface area contributed by atoms with Crippen LogP contribution in [0.5, 0.6) is 0 Å². The maximum absolute atomic E-state index is 9.83. The maximum Gasteiger partial charge on any atom is 0.0993 e. The normalized spacial score (nSPS) is 12.0. The third kappa shape index (κ3) is 4.94. The summed E-state index contributed by atoms with van der Waals surface area (Å²) in [7, 11) is 0. The van der Waals surface area contributed by atoms with Gasteiger partial charge in [-0.1, -0.05) is 6.07 Å². The van der Waals surface area contributed by atoms with Crippen molar-refractivity contribution in [3.63, 3.8) is 0 Å². The van der Waals surface area contributed by atoms with Crippen LogP contribution in [-0.2, 0) is 11.3 Å². The van der Waals surface area contributed by atoms with E-state index in [1.54, 1.807) is 29.7 Å². The molecule has 2 aromatic rings. The summed E-state index contributed by atoms with van der Waals surface area (Å²) in [5.41, 5.74) is 0.575. The van der Waals surface area contributed by atoms with Crippen molar-refractivity contribution in [3.8, 4) is 6.07 Å². The zero-order chi connectivity index (χ0) is 14.2. The number of aliphatic hydroxyl groups is 1. The molecule has 0 bridgehead atoms. The molecule has 20 heavy (non-hydrogen) atoms. The molecule has 0 saturated heterocycles. The molecule has 4 nitrogen and oxygen atoms in total. The molecule has 1 atom stereocenters. The minimum atomic E-state index is -0.549. The SMILES string of the molecule is N#Cc1ccnc(SCC(O)COCc2cccs2)c1. The second kappa shape index (κ2) is 8.02. The average Bonchev–Trinajstić information content (AvgIpc) is 2.98. The molecule has 0 saturated carbocycles. The molecule has 6 heteroatoms. The topological polar surface area (TPSA) is 66.1 Å². The molecule has 0 spiro atoms. The molecular formula is C14H14N2O2S2. The fourth-order valence-corrected chi connectivity index (χ4v) is 2.92. The molecule has 0 aromatic carbocycles. The molecule has 1 unspecified atom stereocenters. The number of hydrogen-bond acceptors (Lipinski definition) is 6. The van der Waals surface area contributed by atoms with Crippen LogP contribution in [0.2, 0.25) is 0 Å². The minimum Gasteiger partial charge on any atom is -0.390 e. The number of pyridine rings is 1. The van der Waals surface area contributed by atoms with Crippen LogP contribution in [0, 0.1) is 11.3 Å². The molecule has 2 rings (SSSR count). The Bertz CT molecular complexity index is 567. The number of ether oxygens (including phenoxy) is 1. The van der Waals surface area contributed by atoms with Gasteiger partial charge in [0.1, 0.15) is 0 Å². The zero-order valence-corrected chi connectivity index (χ0v) is 12.4. The van der Waals surface area contributed by atoms with Crippen molar-refractivity contribution in [1.29, 1.82) is 5.26 Å². The van der Waals surface area contributed by atoms with Gasteiger partial charge in [-0.25, -0.2) is 4.98 Å². The summed E-state index contributed by atoms with van der Waals surface area (Å²) in [5, 5.41) is 21.4. The van der Waals surface area contributed by atoms with Crippen molar-refractivity contribution >= 4 is 23.1 Å². The highest BCUT2D eigenvalue weighted by Crippen LogP contribution is 2.17. The van der Waals surface area contributed by atoms with E-state index in [1.165, 1.54) is 11.8 Å². The van der Waals surface area contributed by atoms with Gasteiger partial charge in [-0.05, 0) is 23.6 Å². The number of aliphatic hydroxyl groups excluding tert-OH is 1. The van der Waals surface area contributed by atoms with Crippen molar-refractivity contribution in [3.05, 3.63) is 46.3 Å². The van der Waals surface area contributed by atoms with Crippen molar-refractivity contribution < 1.29 is 9.84 Å².